The molecule has 1 rings (SSSR count). The normalized spacial score (nSPS) is 16.1. The Morgan fingerprint density at radius 3 is 2.53 bits per heavy atom. The van der Waals surface area contributed by atoms with Crippen molar-refractivity contribution >= 4 is 5.84 Å². The number of oxime groups is 1. The van der Waals surface area contributed by atoms with Crippen molar-refractivity contribution in [3.05, 3.63) is 30.1 Å². The molecule has 0 aliphatic heterocycles. The first kappa shape index (κ1) is 15.2. The van der Waals surface area contributed by atoms with Crippen molar-refractivity contribution in [3.63, 3.8) is 0 Å². The molecule has 0 bridgehead atoms. The number of alkyl halides is 3. The van der Waals surface area contributed by atoms with Crippen LogP contribution in [0.2, 0.25) is 0 Å². The van der Waals surface area contributed by atoms with E-state index < -0.39 is 24.5 Å². The van der Waals surface area contributed by atoms with Gasteiger partial charge in [-0.2, -0.15) is 13.2 Å². The maximum Gasteiger partial charge on any atom is 0.400 e. The van der Waals surface area contributed by atoms with Crippen molar-refractivity contribution in [1.29, 1.82) is 0 Å². The minimum absolute atomic E-state index is 0.306. The molecule has 8 heteroatoms. The molecule has 0 spiro atoms. The summed E-state index contributed by atoms with van der Waals surface area (Å²) in [7, 11) is 0. The Morgan fingerprint density at radius 2 is 2.05 bits per heavy atom. The highest BCUT2D eigenvalue weighted by atomic mass is 19.4. The second-order valence-corrected chi connectivity index (χ2v) is 4.03. The largest absolute Gasteiger partial charge is 0.409 e. The minimum Gasteiger partial charge on any atom is -0.409 e. The van der Waals surface area contributed by atoms with E-state index in [1.54, 1.807) is 31.5 Å². The molecule has 0 saturated carbocycles. The van der Waals surface area contributed by atoms with Gasteiger partial charge in [0.25, 0.3) is 0 Å². The van der Waals surface area contributed by atoms with Crippen LogP contribution in [0.5, 0.6) is 0 Å². The second kappa shape index (κ2) is 6.37. The van der Waals surface area contributed by atoms with Crippen LogP contribution < -0.4 is 11.1 Å². The Bertz CT molecular complexity index is 422. The monoisotopic (exact) mass is 276 g/mol. The van der Waals surface area contributed by atoms with Gasteiger partial charge in [0, 0.05) is 25.0 Å². The lowest BCUT2D eigenvalue weighted by atomic mass is 10.1. The molecule has 0 aliphatic carbocycles. The minimum atomic E-state index is -4.57. The molecule has 4 N–H and O–H groups in total. The molecule has 1 heterocycles. The highest BCUT2D eigenvalue weighted by Crippen LogP contribution is 2.26. The van der Waals surface area contributed by atoms with Crippen LogP contribution in [0.4, 0.5) is 13.2 Å². The lowest BCUT2D eigenvalue weighted by Gasteiger charge is -2.22. The number of halogens is 3. The highest BCUT2D eigenvalue weighted by molar-refractivity contribution is 5.83. The summed E-state index contributed by atoms with van der Waals surface area (Å²) < 4.78 is 38.1. The van der Waals surface area contributed by atoms with Crippen LogP contribution in [-0.2, 0) is 0 Å². The summed E-state index contributed by atoms with van der Waals surface area (Å²) in [4.78, 5) is 3.82. The standard InChI is InChI=1S/C11H15F3N4O/c1-7(8-2-4-16-5-3-8)17-6-9(10(15)18-19)11(12,13)14/h2-5,7,9,17,19H,6H2,1H3,(H2,15,18). The molecule has 5 nitrogen and oxygen atoms in total. The highest BCUT2D eigenvalue weighted by Gasteiger charge is 2.42. The predicted octanol–water partition coefficient (Wildman–Crippen LogP) is 1.66. The SMILES string of the molecule is CC(NCC(/C(N)=N/O)C(F)(F)F)c1ccncc1. The molecular weight excluding hydrogens is 261 g/mol. The Morgan fingerprint density at radius 1 is 1.47 bits per heavy atom. The van der Waals surface area contributed by atoms with Gasteiger partial charge in [0.2, 0.25) is 0 Å². The van der Waals surface area contributed by atoms with Gasteiger partial charge in [-0.05, 0) is 24.6 Å². The number of nitrogens with zero attached hydrogens (tertiary/aromatic N) is 2. The van der Waals surface area contributed by atoms with Crippen LogP contribution in [0.3, 0.4) is 0 Å². The maximum absolute atomic E-state index is 12.7. The van der Waals surface area contributed by atoms with Crippen LogP contribution in [-0.4, -0.2) is 28.7 Å². The Hall–Kier alpha value is -1.83. The van der Waals surface area contributed by atoms with Crippen molar-refractivity contribution in [1.82, 2.24) is 10.3 Å². The number of hydrogen-bond donors (Lipinski definition) is 3. The summed E-state index contributed by atoms with van der Waals surface area (Å²) in [5, 5.41) is 13.5. The van der Waals surface area contributed by atoms with Gasteiger partial charge in [-0.25, -0.2) is 0 Å². The van der Waals surface area contributed by atoms with E-state index in [4.69, 9.17) is 10.9 Å². The topological polar surface area (TPSA) is 83.5 Å². The molecule has 2 atom stereocenters. The zero-order chi connectivity index (χ0) is 14.5. The smallest absolute Gasteiger partial charge is 0.400 e. The summed E-state index contributed by atoms with van der Waals surface area (Å²) in [6.45, 7) is 1.25. The Labute approximate surface area is 108 Å². The van der Waals surface area contributed by atoms with Crippen molar-refractivity contribution in [2.24, 2.45) is 16.8 Å². The molecule has 0 fully saturated rings. The van der Waals surface area contributed by atoms with Crippen molar-refractivity contribution in [2.45, 2.75) is 19.1 Å². The number of aromatic nitrogens is 1. The van der Waals surface area contributed by atoms with Crippen LogP contribution in [0.15, 0.2) is 29.7 Å². The summed E-state index contributed by atoms with van der Waals surface area (Å²) in [5.74, 6) is -2.89. The van der Waals surface area contributed by atoms with Crippen LogP contribution in [0.25, 0.3) is 0 Å². The molecule has 106 valence electrons. The number of nitrogens with one attached hydrogen (secondary N) is 1. The van der Waals surface area contributed by atoms with Gasteiger partial charge in [0.05, 0.1) is 0 Å². The van der Waals surface area contributed by atoms with Gasteiger partial charge in [-0.3, -0.25) is 4.98 Å². The number of pyridine rings is 1. The van der Waals surface area contributed by atoms with E-state index in [9.17, 15) is 13.2 Å². The Balaban J connectivity index is 2.68. The van der Waals surface area contributed by atoms with Gasteiger partial charge in [0.1, 0.15) is 5.92 Å². The quantitative estimate of drug-likeness (QED) is 0.330. The van der Waals surface area contributed by atoms with Gasteiger partial charge in [-0.15, -0.1) is 0 Å². The average molecular weight is 276 g/mol. The summed E-state index contributed by atoms with van der Waals surface area (Å²) >= 11 is 0. The molecule has 0 saturated heterocycles. The van der Waals surface area contributed by atoms with Gasteiger partial charge >= 0.3 is 6.18 Å². The van der Waals surface area contributed by atoms with Crippen LogP contribution in [0, 0.1) is 5.92 Å². The van der Waals surface area contributed by atoms with E-state index >= 15 is 0 Å². The predicted molar refractivity (Wildman–Crippen MR) is 63.6 cm³/mol. The van der Waals surface area contributed by atoms with Crippen LogP contribution in [0.1, 0.15) is 18.5 Å². The van der Waals surface area contributed by atoms with E-state index in [2.05, 4.69) is 15.5 Å². The van der Waals surface area contributed by atoms with Gasteiger partial charge in [-0.1, -0.05) is 5.16 Å². The second-order valence-electron chi connectivity index (χ2n) is 4.03. The number of hydrogen-bond acceptors (Lipinski definition) is 4. The molecular formula is C11H15F3N4O. The fraction of sp³-hybridized carbons (Fsp3) is 0.455. The summed E-state index contributed by atoms with van der Waals surface area (Å²) in [6, 6.07) is 3.09. The van der Waals surface area contributed by atoms with Crippen molar-refractivity contribution in [2.75, 3.05) is 6.54 Å². The first-order chi connectivity index (χ1) is 8.86. The average Bonchev–Trinajstić information content (AvgIpc) is 2.37. The number of rotatable bonds is 5. The third-order valence-electron chi connectivity index (χ3n) is 2.70. The van der Waals surface area contributed by atoms with E-state index in [1.807, 2.05) is 0 Å². The fourth-order valence-corrected chi connectivity index (χ4v) is 1.52. The lowest BCUT2D eigenvalue weighted by molar-refractivity contribution is -0.155. The Kier molecular flexibility index (Phi) is 5.11. The van der Waals surface area contributed by atoms with E-state index in [-0.39, 0.29) is 6.04 Å². The first-order valence-electron chi connectivity index (χ1n) is 5.53. The van der Waals surface area contributed by atoms with Crippen LogP contribution >= 0.6 is 0 Å². The van der Waals surface area contributed by atoms with E-state index in [0.29, 0.717) is 0 Å². The summed E-state index contributed by atoms with van der Waals surface area (Å²) in [5.41, 5.74) is 5.86. The van der Waals surface area contributed by atoms with Crippen molar-refractivity contribution < 1.29 is 18.4 Å². The molecule has 1 aromatic heterocycles. The van der Waals surface area contributed by atoms with E-state index in [1.165, 1.54) is 0 Å². The maximum atomic E-state index is 12.7. The van der Waals surface area contributed by atoms with Gasteiger partial charge < -0.3 is 16.3 Å². The molecule has 0 radical (unpaired) electrons. The zero-order valence-electron chi connectivity index (χ0n) is 10.2. The molecule has 0 aromatic carbocycles. The molecule has 19 heavy (non-hydrogen) atoms. The molecule has 2 unspecified atom stereocenters. The lowest BCUT2D eigenvalue weighted by Crippen LogP contribution is -2.43. The number of nitrogens with two attached hydrogens (primary N) is 1. The van der Waals surface area contributed by atoms with Gasteiger partial charge in [0.15, 0.2) is 5.84 Å². The molecule has 0 amide bonds. The zero-order valence-corrected chi connectivity index (χ0v) is 10.2. The fourth-order valence-electron chi connectivity index (χ4n) is 1.52. The molecule has 1 aromatic rings. The number of amidine groups is 1. The summed E-state index contributed by atoms with van der Waals surface area (Å²) in [6.07, 6.45) is -1.46. The third-order valence-corrected chi connectivity index (χ3v) is 2.70. The van der Waals surface area contributed by atoms with Crippen molar-refractivity contribution in [3.8, 4) is 0 Å². The third kappa shape index (κ3) is 4.40. The van der Waals surface area contributed by atoms with E-state index in [0.717, 1.165) is 5.56 Å². The first-order valence-corrected chi connectivity index (χ1v) is 5.53. The molecule has 0 aliphatic rings.